The van der Waals surface area contributed by atoms with Crippen molar-refractivity contribution in [2.45, 2.75) is 64.7 Å². The zero-order valence-electron chi connectivity index (χ0n) is 17.7. The van der Waals surface area contributed by atoms with E-state index in [1.807, 2.05) is 6.92 Å². The van der Waals surface area contributed by atoms with Gasteiger partial charge in [-0.2, -0.15) is 0 Å². The van der Waals surface area contributed by atoms with E-state index < -0.39 is 0 Å². The molecule has 29 heavy (non-hydrogen) atoms. The third-order valence-electron chi connectivity index (χ3n) is 5.09. The van der Waals surface area contributed by atoms with Crippen molar-refractivity contribution < 1.29 is 23.8 Å². The quantitative estimate of drug-likeness (QED) is 0.285. The molecule has 1 aromatic rings. The van der Waals surface area contributed by atoms with Crippen LogP contribution >= 0.6 is 0 Å². The average Bonchev–Trinajstić information content (AvgIpc) is 2.75. The van der Waals surface area contributed by atoms with Gasteiger partial charge in [0, 0.05) is 18.4 Å². The zero-order chi connectivity index (χ0) is 20.9. The number of methoxy groups -OCH3 is 1. The Morgan fingerprint density at radius 1 is 1.14 bits per heavy atom. The van der Waals surface area contributed by atoms with Gasteiger partial charge in [-0.3, -0.25) is 14.6 Å². The van der Waals surface area contributed by atoms with E-state index >= 15 is 0 Å². The number of unbranched alkanes of at least 4 members (excludes halogenated alkanes) is 2. The molecule has 0 spiro atoms. The lowest BCUT2D eigenvalue weighted by Crippen LogP contribution is -2.15. The summed E-state index contributed by atoms with van der Waals surface area (Å²) in [6.07, 6.45) is 13.4. The molecule has 0 unspecified atom stereocenters. The van der Waals surface area contributed by atoms with E-state index in [-0.39, 0.29) is 17.7 Å². The van der Waals surface area contributed by atoms with Crippen molar-refractivity contribution in [2.24, 2.45) is 5.92 Å². The molecule has 1 aliphatic carbocycles. The number of hydrogen-bond donors (Lipinski definition) is 0. The molecule has 6 heteroatoms. The molecule has 0 saturated heterocycles. The SMILES string of the molecule is CCOC(=O)CCCCCOc1cc(/C=C/C(=O)C2CCCCC2)ncc1OC. The van der Waals surface area contributed by atoms with Gasteiger partial charge in [-0.05, 0) is 51.2 Å². The molecule has 1 aromatic heterocycles. The molecule has 0 aliphatic heterocycles. The smallest absolute Gasteiger partial charge is 0.305 e. The molecule has 160 valence electrons. The van der Waals surface area contributed by atoms with Gasteiger partial charge in [0.05, 0.1) is 32.2 Å². The number of allylic oxidation sites excluding steroid dienone is 1. The van der Waals surface area contributed by atoms with Crippen molar-refractivity contribution >= 4 is 17.8 Å². The maximum absolute atomic E-state index is 12.3. The molecule has 1 fully saturated rings. The summed E-state index contributed by atoms with van der Waals surface area (Å²) in [5, 5.41) is 0. The summed E-state index contributed by atoms with van der Waals surface area (Å²) in [5.74, 6) is 1.36. The van der Waals surface area contributed by atoms with Crippen LogP contribution in [-0.2, 0) is 14.3 Å². The summed E-state index contributed by atoms with van der Waals surface area (Å²) in [6.45, 7) is 2.75. The number of esters is 1. The van der Waals surface area contributed by atoms with Crippen molar-refractivity contribution in [1.29, 1.82) is 0 Å². The minimum Gasteiger partial charge on any atom is -0.491 e. The van der Waals surface area contributed by atoms with Crippen LogP contribution < -0.4 is 9.47 Å². The molecule has 6 nitrogen and oxygen atoms in total. The summed E-state index contributed by atoms with van der Waals surface area (Å²) in [6, 6.07) is 1.79. The summed E-state index contributed by atoms with van der Waals surface area (Å²) in [5.41, 5.74) is 0.673. The van der Waals surface area contributed by atoms with E-state index in [0.717, 1.165) is 44.9 Å². The number of pyridine rings is 1. The second kappa shape index (κ2) is 13.0. The zero-order valence-corrected chi connectivity index (χ0v) is 17.7. The first-order chi connectivity index (χ1) is 14.1. The van der Waals surface area contributed by atoms with Crippen LogP contribution in [-0.4, -0.2) is 37.1 Å². The van der Waals surface area contributed by atoms with E-state index in [4.69, 9.17) is 14.2 Å². The highest BCUT2D eigenvalue weighted by molar-refractivity contribution is 5.95. The Morgan fingerprint density at radius 3 is 2.66 bits per heavy atom. The monoisotopic (exact) mass is 403 g/mol. The van der Waals surface area contributed by atoms with Crippen LogP contribution in [0.15, 0.2) is 18.3 Å². The number of carbonyl (C=O) groups excluding carboxylic acids is 2. The molecular weight excluding hydrogens is 370 g/mol. The number of rotatable bonds is 12. The van der Waals surface area contributed by atoms with Gasteiger partial charge in [-0.25, -0.2) is 0 Å². The average molecular weight is 404 g/mol. The van der Waals surface area contributed by atoms with Crippen LogP contribution in [0.4, 0.5) is 0 Å². The second-order valence-electron chi connectivity index (χ2n) is 7.29. The maximum Gasteiger partial charge on any atom is 0.305 e. The highest BCUT2D eigenvalue weighted by atomic mass is 16.5. The molecule has 0 amide bonds. The van der Waals surface area contributed by atoms with Gasteiger partial charge >= 0.3 is 5.97 Å². The molecule has 0 N–H and O–H groups in total. The van der Waals surface area contributed by atoms with Gasteiger partial charge in [0.1, 0.15) is 0 Å². The van der Waals surface area contributed by atoms with Gasteiger partial charge in [-0.1, -0.05) is 19.3 Å². The van der Waals surface area contributed by atoms with Crippen LogP contribution in [0.25, 0.3) is 6.08 Å². The molecule has 2 rings (SSSR count). The summed E-state index contributed by atoms with van der Waals surface area (Å²) in [4.78, 5) is 28.0. The Morgan fingerprint density at radius 2 is 1.93 bits per heavy atom. The predicted molar refractivity (Wildman–Crippen MR) is 112 cm³/mol. The van der Waals surface area contributed by atoms with Crippen LogP contribution in [0, 0.1) is 5.92 Å². The molecule has 0 atom stereocenters. The standard InChI is InChI=1S/C23H33NO5/c1-3-28-23(26)12-8-5-9-15-29-21-16-19(24-17-22(21)27-2)13-14-20(25)18-10-6-4-7-11-18/h13-14,16-18H,3-12,15H2,1-2H3/b14-13+. The van der Waals surface area contributed by atoms with Crippen molar-refractivity contribution in [1.82, 2.24) is 4.98 Å². The van der Waals surface area contributed by atoms with Gasteiger partial charge in [0.2, 0.25) is 0 Å². The van der Waals surface area contributed by atoms with Crippen molar-refractivity contribution in [3.8, 4) is 11.5 Å². The lowest BCUT2D eigenvalue weighted by Gasteiger charge is -2.18. The topological polar surface area (TPSA) is 74.7 Å². The molecule has 1 heterocycles. The first-order valence-electron chi connectivity index (χ1n) is 10.7. The Balaban J connectivity index is 1.82. The molecule has 1 aliphatic rings. The van der Waals surface area contributed by atoms with Crippen LogP contribution in [0.2, 0.25) is 0 Å². The first-order valence-corrected chi connectivity index (χ1v) is 10.7. The molecule has 0 bridgehead atoms. The first kappa shape index (κ1) is 22.9. The van der Waals surface area contributed by atoms with Crippen LogP contribution in [0.3, 0.4) is 0 Å². The summed E-state index contributed by atoms with van der Waals surface area (Å²) < 4.78 is 16.1. The van der Waals surface area contributed by atoms with Gasteiger partial charge in [0.15, 0.2) is 17.3 Å². The van der Waals surface area contributed by atoms with E-state index in [2.05, 4.69) is 4.98 Å². The van der Waals surface area contributed by atoms with E-state index in [9.17, 15) is 9.59 Å². The van der Waals surface area contributed by atoms with Gasteiger partial charge in [-0.15, -0.1) is 0 Å². The van der Waals surface area contributed by atoms with Crippen LogP contribution in [0.1, 0.15) is 70.4 Å². The number of nitrogens with zero attached hydrogens (tertiary/aromatic N) is 1. The van der Waals surface area contributed by atoms with E-state index in [0.29, 0.717) is 36.8 Å². The fourth-order valence-electron chi connectivity index (χ4n) is 3.45. The minimum atomic E-state index is -0.150. The normalized spacial score (nSPS) is 14.7. The van der Waals surface area contributed by atoms with Crippen LogP contribution in [0.5, 0.6) is 11.5 Å². The maximum atomic E-state index is 12.3. The predicted octanol–water partition coefficient (Wildman–Crippen LogP) is 4.76. The lowest BCUT2D eigenvalue weighted by molar-refractivity contribution is -0.143. The Hall–Kier alpha value is -2.37. The van der Waals surface area contributed by atoms with E-state index in [1.165, 1.54) is 6.42 Å². The summed E-state index contributed by atoms with van der Waals surface area (Å²) >= 11 is 0. The molecular formula is C23H33NO5. The molecule has 0 radical (unpaired) electrons. The van der Waals surface area contributed by atoms with Crippen molar-refractivity contribution in [2.75, 3.05) is 20.3 Å². The second-order valence-corrected chi connectivity index (χ2v) is 7.29. The molecule has 1 saturated carbocycles. The molecule has 0 aromatic carbocycles. The highest BCUT2D eigenvalue weighted by Gasteiger charge is 2.18. The minimum absolute atomic E-state index is 0.150. The Labute approximate surface area is 173 Å². The lowest BCUT2D eigenvalue weighted by atomic mass is 9.86. The van der Waals surface area contributed by atoms with E-state index in [1.54, 1.807) is 31.5 Å². The Bertz CT molecular complexity index is 680. The van der Waals surface area contributed by atoms with Gasteiger partial charge < -0.3 is 14.2 Å². The largest absolute Gasteiger partial charge is 0.491 e. The summed E-state index contributed by atoms with van der Waals surface area (Å²) in [7, 11) is 1.57. The third-order valence-corrected chi connectivity index (χ3v) is 5.09. The number of ketones is 1. The fourth-order valence-corrected chi connectivity index (χ4v) is 3.45. The van der Waals surface area contributed by atoms with Crippen molar-refractivity contribution in [3.63, 3.8) is 0 Å². The number of hydrogen-bond acceptors (Lipinski definition) is 6. The van der Waals surface area contributed by atoms with Crippen molar-refractivity contribution in [3.05, 3.63) is 24.0 Å². The fraction of sp³-hybridized carbons (Fsp3) is 0.609. The number of ether oxygens (including phenoxy) is 3. The number of aromatic nitrogens is 1. The highest BCUT2D eigenvalue weighted by Crippen LogP contribution is 2.28. The third kappa shape index (κ3) is 8.26. The number of carbonyl (C=O) groups is 2. The van der Waals surface area contributed by atoms with Gasteiger partial charge in [0.25, 0.3) is 0 Å². The Kier molecular flexibility index (Phi) is 10.2.